The number of hydrogen-bond donors (Lipinski definition) is 0. The van der Waals surface area contributed by atoms with E-state index in [1.165, 1.54) is 5.56 Å². The number of thiazole rings is 1. The fraction of sp³-hybridized carbons (Fsp3) is 0.333. The van der Waals surface area contributed by atoms with Crippen molar-refractivity contribution in [1.82, 2.24) is 14.3 Å². The molecule has 2 aromatic heterocycles. The molecule has 1 aliphatic heterocycles. The maximum absolute atomic E-state index is 12.7. The first-order valence-electron chi connectivity index (χ1n) is 8.04. The van der Waals surface area contributed by atoms with Crippen LogP contribution in [0.3, 0.4) is 0 Å². The van der Waals surface area contributed by atoms with Crippen molar-refractivity contribution in [2.24, 2.45) is 0 Å². The Morgan fingerprint density at radius 2 is 2.17 bits per heavy atom. The Hall–Kier alpha value is -2.14. The average Bonchev–Trinajstić information content (AvgIpc) is 3.24. The van der Waals surface area contributed by atoms with Crippen LogP contribution in [0.15, 0.2) is 48.1 Å². The monoisotopic (exact) mass is 325 g/mol. The molecular formula is C18H19N3OS. The van der Waals surface area contributed by atoms with Crippen molar-refractivity contribution in [3.63, 3.8) is 0 Å². The summed E-state index contributed by atoms with van der Waals surface area (Å²) in [7, 11) is 0. The fourth-order valence-corrected chi connectivity index (χ4v) is 4.10. The SMILES string of the molecule is O=C(Cc1cn2ccsc2n1)N1CCC[C@H]1Cc1ccccc1. The molecule has 1 fully saturated rings. The summed E-state index contributed by atoms with van der Waals surface area (Å²) in [4.78, 5) is 20.2. The van der Waals surface area contributed by atoms with Crippen LogP contribution in [0, 0.1) is 0 Å². The molecule has 4 rings (SSSR count). The van der Waals surface area contributed by atoms with Gasteiger partial charge in [0, 0.05) is 30.4 Å². The molecule has 0 radical (unpaired) electrons. The molecule has 3 aromatic rings. The summed E-state index contributed by atoms with van der Waals surface area (Å²) in [6.07, 6.45) is 7.49. The zero-order valence-corrected chi connectivity index (χ0v) is 13.7. The minimum atomic E-state index is 0.203. The normalized spacial score (nSPS) is 17.9. The zero-order valence-electron chi connectivity index (χ0n) is 12.9. The third kappa shape index (κ3) is 3.01. The van der Waals surface area contributed by atoms with E-state index in [0.717, 1.165) is 36.5 Å². The van der Waals surface area contributed by atoms with Crippen LogP contribution in [-0.2, 0) is 17.6 Å². The number of carbonyl (C=O) groups is 1. The van der Waals surface area contributed by atoms with Crippen LogP contribution in [0.5, 0.6) is 0 Å². The predicted molar refractivity (Wildman–Crippen MR) is 91.7 cm³/mol. The van der Waals surface area contributed by atoms with Crippen molar-refractivity contribution in [2.45, 2.75) is 31.7 Å². The van der Waals surface area contributed by atoms with E-state index in [-0.39, 0.29) is 5.91 Å². The third-order valence-corrected chi connectivity index (χ3v) is 5.26. The van der Waals surface area contributed by atoms with Gasteiger partial charge in [-0.05, 0) is 24.8 Å². The van der Waals surface area contributed by atoms with Gasteiger partial charge in [-0.25, -0.2) is 4.98 Å². The molecule has 23 heavy (non-hydrogen) atoms. The first kappa shape index (κ1) is 14.5. The van der Waals surface area contributed by atoms with E-state index in [2.05, 4.69) is 34.1 Å². The highest BCUT2D eigenvalue weighted by atomic mass is 32.1. The summed E-state index contributed by atoms with van der Waals surface area (Å²) < 4.78 is 1.98. The van der Waals surface area contributed by atoms with Crippen molar-refractivity contribution < 1.29 is 4.79 Å². The Morgan fingerprint density at radius 1 is 1.30 bits per heavy atom. The second kappa shape index (κ2) is 6.16. The number of amides is 1. The molecule has 1 atom stereocenters. The van der Waals surface area contributed by atoms with E-state index < -0.39 is 0 Å². The minimum Gasteiger partial charge on any atom is -0.339 e. The summed E-state index contributed by atoms with van der Waals surface area (Å²) in [5.74, 6) is 0.203. The molecule has 0 N–H and O–H groups in total. The number of aromatic nitrogens is 2. The molecule has 4 nitrogen and oxygen atoms in total. The van der Waals surface area contributed by atoms with E-state index in [0.29, 0.717) is 12.5 Å². The molecule has 0 aliphatic carbocycles. The second-order valence-corrected chi connectivity index (χ2v) is 6.95. The van der Waals surface area contributed by atoms with Crippen LogP contribution >= 0.6 is 11.3 Å². The molecule has 0 bridgehead atoms. The highest BCUT2D eigenvalue weighted by Gasteiger charge is 2.29. The molecular weight excluding hydrogens is 306 g/mol. The lowest BCUT2D eigenvalue weighted by molar-refractivity contribution is -0.131. The smallest absolute Gasteiger partial charge is 0.228 e. The number of likely N-dealkylation sites (tertiary alicyclic amines) is 1. The number of benzene rings is 1. The van der Waals surface area contributed by atoms with E-state index in [1.807, 2.05) is 28.2 Å². The summed E-state index contributed by atoms with van der Waals surface area (Å²) in [5.41, 5.74) is 2.17. The summed E-state index contributed by atoms with van der Waals surface area (Å²) in [6, 6.07) is 10.8. The largest absolute Gasteiger partial charge is 0.339 e. The van der Waals surface area contributed by atoms with Crippen LogP contribution < -0.4 is 0 Å². The number of imidazole rings is 1. The molecule has 118 valence electrons. The molecule has 1 aromatic carbocycles. The minimum absolute atomic E-state index is 0.203. The Bertz CT molecular complexity index is 779. The maximum Gasteiger partial charge on any atom is 0.228 e. The molecule has 1 aliphatic rings. The lowest BCUT2D eigenvalue weighted by Gasteiger charge is -2.24. The summed E-state index contributed by atoms with van der Waals surface area (Å²) >= 11 is 1.60. The van der Waals surface area contributed by atoms with Gasteiger partial charge in [0.25, 0.3) is 0 Å². The van der Waals surface area contributed by atoms with Crippen molar-refractivity contribution >= 4 is 22.2 Å². The molecule has 0 saturated carbocycles. The van der Waals surface area contributed by atoms with Crippen LogP contribution in [-0.4, -0.2) is 32.8 Å². The number of nitrogens with zero attached hydrogens (tertiary/aromatic N) is 3. The fourth-order valence-electron chi connectivity index (χ4n) is 3.38. The van der Waals surface area contributed by atoms with E-state index in [9.17, 15) is 4.79 Å². The number of rotatable bonds is 4. The Kier molecular flexibility index (Phi) is 3.87. The lowest BCUT2D eigenvalue weighted by atomic mass is 10.0. The van der Waals surface area contributed by atoms with Crippen LogP contribution in [0.4, 0.5) is 0 Å². The molecule has 3 heterocycles. The standard InChI is InChI=1S/C18H19N3OS/c22-17(12-15-13-20-9-10-23-18(20)19-15)21-8-4-7-16(21)11-14-5-2-1-3-6-14/h1-3,5-6,9-10,13,16H,4,7-8,11-12H2/t16-/m0/s1. The zero-order chi connectivity index (χ0) is 15.6. The van der Waals surface area contributed by atoms with Gasteiger partial charge in [0.05, 0.1) is 12.1 Å². The van der Waals surface area contributed by atoms with Crippen LogP contribution in [0.1, 0.15) is 24.1 Å². The van der Waals surface area contributed by atoms with Gasteiger partial charge >= 0.3 is 0 Å². The van der Waals surface area contributed by atoms with Crippen molar-refractivity contribution in [1.29, 1.82) is 0 Å². The van der Waals surface area contributed by atoms with Gasteiger partial charge in [-0.2, -0.15) is 0 Å². The third-order valence-electron chi connectivity index (χ3n) is 4.49. The maximum atomic E-state index is 12.7. The summed E-state index contributed by atoms with van der Waals surface area (Å²) in [6.45, 7) is 0.874. The van der Waals surface area contributed by atoms with Gasteiger partial charge in [0.15, 0.2) is 4.96 Å². The molecule has 1 amide bonds. The van der Waals surface area contributed by atoms with E-state index in [1.54, 1.807) is 11.3 Å². The van der Waals surface area contributed by atoms with Gasteiger partial charge in [0.2, 0.25) is 5.91 Å². The van der Waals surface area contributed by atoms with Gasteiger partial charge in [-0.1, -0.05) is 30.3 Å². The van der Waals surface area contributed by atoms with Gasteiger partial charge in [-0.15, -0.1) is 11.3 Å². The van der Waals surface area contributed by atoms with E-state index in [4.69, 9.17) is 0 Å². The van der Waals surface area contributed by atoms with Crippen molar-refractivity contribution in [3.8, 4) is 0 Å². The first-order valence-corrected chi connectivity index (χ1v) is 8.92. The molecule has 1 saturated heterocycles. The number of fused-ring (bicyclic) bond motifs is 1. The predicted octanol–water partition coefficient (Wildman–Crippen LogP) is 3.17. The summed E-state index contributed by atoms with van der Waals surface area (Å²) in [5, 5.41) is 2.00. The van der Waals surface area contributed by atoms with Gasteiger partial charge < -0.3 is 4.90 Å². The Balaban J connectivity index is 1.45. The molecule has 5 heteroatoms. The van der Waals surface area contributed by atoms with Crippen molar-refractivity contribution in [2.75, 3.05) is 6.54 Å². The topological polar surface area (TPSA) is 37.6 Å². The van der Waals surface area contributed by atoms with Crippen molar-refractivity contribution in [3.05, 3.63) is 59.4 Å². The second-order valence-electron chi connectivity index (χ2n) is 6.07. The first-order chi connectivity index (χ1) is 11.3. The van der Waals surface area contributed by atoms with Crippen LogP contribution in [0.25, 0.3) is 4.96 Å². The molecule has 0 unspecified atom stereocenters. The van der Waals surface area contributed by atoms with Gasteiger partial charge in [-0.3, -0.25) is 9.20 Å². The molecule has 0 spiro atoms. The highest BCUT2D eigenvalue weighted by molar-refractivity contribution is 7.15. The number of hydrogen-bond acceptors (Lipinski definition) is 3. The Labute approximate surface area is 139 Å². The average molecular weight is 325 g/mol. The van der Waals surface area contributed by atoms with E-state index >= 15 is 0 Å². The lowest BCUT2D eigenvalue weighted by Crippen LogP contribution is -2.37. The number of carbonyl (C=O) groups excluding carboxylic acids is 1. The van der Waals surface area contributed by atoms with Crippen LogP contribution in [0.2, 0.25) is 0 Å². The van der Waals surface area contributed by atoms with Gasteiger partial charge in [0.1, 0.15) is 0 Å². The Morgan fingerprint density at radius 3 is 3.00 bits per heavy atom. The highest BCUT2D eigenvalue weighted by Crippen LogP contribution is 2.22. The quantitative estimate of drug-likeness (QED) is 0.739.